The van der Waals surface area contributed by atoms with Crippen LogP contribution in [0.3, 0.4) is 0 Å². The zero-order chi connectivity index (χ0) is 25.3. The summed E-state index contributed by atoms with van der Waals surface area (Å²) in [7, 11) is 1.56. The van der Waals surface area contributed by atoms with Crippen LogP contribution in [0.15, 0.2) is 72.3 Å². The van der Waals surface area contributed by atoms with Gasteiger partial charge in [0.1, 0.15) is 17.3 Å². The van der Waals surface area contributed by atoms with Crippen LogP contribution >= 0.6 is 0 Å². The molecule has 0 saturated carbocycles. The molecule has 1 saturated heterocycles. The Hall–Kier alpha value is -4.06. The molecule has 3 aromatic carbocycles. The van der Waals surface area contributed by atoms with Crippen LogP contribution in [0.2, 0.25) is 0 Å². The summed E-state index contributed by atoms with van der Waals surface area (Å²) < 4.78 is 11.1. The third kappa shape index (κ3) is 4.64. The van der Waals surface area contributed by atoms with Gasteiger partial charge in [-0.05, 0) is 81.3 Å². The van der Waals surface area contributed by atoms with E-state index in [2.05, 4.69) is 0 Å². The number of Topliss-reactive ketones (excluding diaryl/α,β-unsaturated/α-hetero) is 1. The number of ketones is 1. The number of rotatable bonds is 6. The van der Waals surface area contributed by atoms with Gasteiger partial charge < -0.3 is 14.6 Å². The SMILES string of the molecule is COc1cccc(C2/C(=C(\O)c3ccc(OC(C)C)cc3)C(=O)C(=O)N2c2ccc(C)cc2C)c1. The Bertz CT molecular complexity index is 1310. The first-order chi connectivity index (χ1) is 16.7. The molecule has 0 bridgehead atoms. The van der Waals surface area contributed by atoms with E-state index in [0.717, 1.165) is 11.1 Å². The molecule has 35 heavy (non-hydrogen) atoms. The molecule has 0 spiro atoms. The lowest BCUT2D eigenvalue weighted by molar-refractivity contribution is -0.132. The molecule has 180 valence electrons. The van der Waals surface area contributed by atoms with E-state index < -0.39 is 17.7 Å². The summed E-state index contributed by atoms with van der Waals surface area (Å²) in [5.74, 6) is -0.427. The number of aliphatic hydroxyl groups is 1. The van der Waals surface area contributed by atoms with Crippen LogP contribution in [0.5, 0.6) is 11.5 Å². The van der Waals surface area contributed by atoms with E-state index in [0.29, 0.717) is 28.3 Å². The highest BCUT2D eigenvalue weighted by molar-refractivity contribution is 6.51. The number of amides is 1. The summed E-state index contributed by atoms with van der Waals surface area (Å²) in [4.78, 5) is 28.2. The summed E-state index contributed by atoms with van der Waals surface area (Å²) in [5.41, 5.74) is 3.63. The van der Waals surface area contributed by atoms with Gasteiger partial charge in [0.15, 0.2) is 0 Å². The predicted octanol–water partition coefficient (Wildman–Crippen LogP) is 5.73. The van der Waals surface area contributed by atoms with Gasteiger partial charge in [0.25, 0.3) is 11.7 Å². The molecule has 6 nitrogen and oxygen atoms in total. The number of hydrogen-bond donors (Lipinski definition) is 1. The van der Waals surface area contributed by atoms with Crippen molar-refractivity contribution in [3.8, 4) is 11.5 Å². The van der Waals surface area contributed by atoms with E-state index in [1.165, 1.54) is 4.90 Å². The number of methoxy groups -OCH3 is 1. The van der Waals surface area contributed by atoms with Gasteiger partial charge >= 0.3 is 0 Å². The van der Waals surface area contributed by atoms with Crippen LogP contribution in [0.25, 0.3) is 5.76 Å². The maximum Gasteiger partial charge on any atom is 0.300 e. The van der Waals surface area contributed by atoms with E-state index in [9.17, 15) is 14.7 Å². The summed E-state index contributed by atoms with van der Waals surface area (Å²) in [6, 6.07) is 18.9. The summed E-state index contributed by atoms with van der Waals surface area (Å²) in [6.45, 7) is 7.72. The molecular weight excluding hydrogens is 442 g/mol. The zero-order valence-corrected chi connectivity index (χ0v) is 20.5. The van der Waals surface area contributed by atoms with Crippen molar-refractivity contribution < 1.29 is 24.2 Å². The Labute approximate surface area is 205 Å². The highest BCUT2D eigenvalue weighted by atomic mass is 16.5. The Morgan fingerprint density at radius 1 is 0.943 bits per heavy atom. The number of aryl methyl sites for hydroxylation is 2. The van der Waals surface area contributed by atoms with Gasteiger partial charge in [0, 0.05) is 11.3 Å². The zero-order valence-electron chi connectivity index (χ0n) is 20.5. The second-order valence-corrected chi connectivity index (χ2v) is 8.93. The van der Waals surface area contributed by atoms with Crippen LogP contribution in [0, 0.1) is 13.8 Å². The van der Waals surface area contributed by atoms with Crippen LogP contribution in [-0.2, 0) is 9.59 Å². The second-order valence-electron chi connectivity index (χ2n) is 8.93. The summed E-state index contributed by atoms with van der Waals surface area (Å²) in [5, 5.41) is 11.3. The minimum Gasteiger partial charge on any atom is -0.507 e. The Morgan fingerprint density at radius 2 is 1.66 bits per heavy atom. The molecule has 4 rings (SSSR count). The molecule has 1 aliphatic rings. The molecule has 6 heteroatoms. The molecule has 0 aromatic heterocycles. The number of benzene rings is 3. The molecule has 1 N–H and O–H groups in total. The number of nitrogens with zero attached hydrogens (tertiary/aromatic N) is 1. The van der Waals surface area contributed by atoms with Crippen LogP contribution in [0.1, 0.15) is 42.1 Å². The Morgan fingerprint density at radius 3 is 2.29 bits per heavy atom. The number of ether oxygens (including phenoxy) is 2. The van der Waals surface area contributed by atoms with Crippen LogP contribution in [0.4, 0.5) is 5.69 Å². The van der Waals surface area contributed by atoms with E-state index in [1.54, 1.807) is 49.6 Å². The fourth-order valence-electron chi connectivity index (χ4n) is 4.40. The van der Waals surface area contributed by atoms with Gasteiger partial charge in [-0.25, -0.2) is 0 Å². The van der Waals surface area contributed by atoms with E-state index in [4.69, 9.17) is 9.47 Å². The number of anilines is 1. The molecule has 0 aliphatic carbocycles. The number of hydrogen-bond acceptors (Lipinski definition) is 5. The lowest BCUT2D eigenvalue weighted by Gasteiger charge is -2.27. The quantitative estimate of drug-likeness (QED) is 0.282. The van der Waals surface area contributed by atoms with Gasteiger partial charge in [0.05, 0.1) is 24.8 Å². The van der Waals surface area contributed by atoms with Crippen molar-refractivity contribution >= 4 is 23.1 Å². The van der Waals surface area contributed by atoms with Crippen molar-refractivity contribution in [2.75, 3.05) is 12.0 Å². The molecule has 3 aromatic rings. The van der Waals surface area contributed by atoms with Crippen molar-refractivity contribution in [2.24, 2.45) is 0 Å². The van der Waals surface area contributed by atoms with Gasteiger partial charge in [-0.2, -0.15) is 0 Å². The number of aliphatic hydroxyl groups excluding tert-OH is 1. The highest BCUT2D eigenvalue weighted by Crippen LogP contribution is 2.43. The molecule has 1 atom stereocenters. The average Bonchev–Trinajstić information content (AvgIpc) is 3.09. The first-order valence-electron chi connectivity index (χ1n) is 11.5. The maximum atomic E-state index is 13.4. The lowest BCUT2D eigenvalue weighted by Crippen LogP contribution is -2.30. The first-order valence-corrected chi connectivity index (χ1v) is 11.5. The largest absolute Gasteiger partial charge is 0.507 e. The third-order valence-electron chi connectivity index (χ3n) is 5.97. The molecule has 1 amide bonds. The van der Waals surface area contributed by atoms with Crippen molar-refractivity contribution in [1.29, 1.82) is 0 Å². The lowest BCUT2D eigenvalue weighted by atomic mass is 9.94. The predicted molar refractivity (Wildman–Crippen MR) is 136 cm³/mol. The minimum absolute atomic E-state index is 0.00517. The average molecular weight is 472 g/mol. The molecule has 0 radical (unpaired) electrons. The monoisotopic (exact) mass is 471 g/mol. The minimum atomic E-state index is -0.821. The normalized spacial score (nSPS) is 17.2. The van der Waals surface area contributed by atoms with Gasteiger partial charge in [-0.3, -0.25) is 14.5 Å². The summed E-state index contributed by atoms with van der Waals surface area (Å²) in [6.07, 6.45) is 0.00517. The second kappa shape index (κ2) is 9.66. The van der Waals surface area contributed by atoms with Crippen molar-refractivity contribution in [3.63, 3.8) is 0 Å². The molecular formula is C29H29NO5. The van der Waals surface area contributed by atoms with Crippen molar-refractivity contribution in [2.45, 2.75) is 39.8 Å². The molecule has 1 heterocycles. The van der Waals surface area contributed by atoms with E-state index in [-0.39, 0.29) is 17.4 Å². The maximum absolute atomic E-state index is 13.4. The molecule has 1 unspecified atom stereocenters. The molecule has 1 fully saturated rings. The Balaban J connectivity index is 1.90. The van der Waals surface area contributed by atoms with Gasteiger partial charge in [0.2, 0.25) is 0 Å². The van der Waals surface area contributed by atoms with Gasteiger partial charge in [-0.15, -0.1) is 0 Å². The third-order valence-corrected chi connectivity index (χ3v) is 5.97. The van der Waals surface area contributed by atoms with E-state index in [1.807, 2.05) is 52.0 Å². The standard InChI is InChI=1S/C29H29NO5/c1-17(2)35-22-12-10-20(11-13-22)27(31)25-26(21-7-6-8-23(16-21)34-5)30(29(33)28(25)32)24-14-9-18(3)15-19(24)4/h6-17,26,31H,1-5H3/b27-25+. The fourth-order valence-corrected chi connectivity index (χ4v) is 4.40. The smallest absolute Gasteiger partial charge is 0.300 e. The highest BCUT2D eigenvalue weighted by Gasteiger charge is 2.47. The van der Waals surface area contributed by atoms with Crippen molar-refractivity contribution in [1.82, 2.24) is 0 Å². The number of carbonyl (C=O) groups excluding carboxylic acids is 2. The Kier molecular flexibility index (Phi) is 6.65. The summed E-state index contributed by atoms with van der Waals surface area (Å²) >= 11 is 0. The van der Waals surface area contributed by atoms with Crippen LogP contribution in [-0.4, -0.2) is 30.0 Å². The van der Waals surface area contributed by atoms with Crippen LogP contribution < -0.4 is 14.4 Å². The topological polar surface area (TPSA) is 76.1 Å². The molecule has 1 aliphatic heterocycles. The fraction of sp³-hybridized carbons (Fsp3) is 0.241. The first kappa shape index (κ1) is 24.1. The van der Waals surface area contributed by atoms with E-state index >= 15 is 0 Å². The van der Waals surface area contributed by atoms with Gasteiger partial charge in [-0.1, -0.05) is 29.8 Å². The number of carbonyl (C=O) groups is 2. The van der Waals surface area contributed by atoms with Crippen molar-refractivity contribution in [3.05, 3.63) is 94.6 Å².